The van der Waals surface area contributed by atoms with Crippen LogP contribution < -0.4 is 4.74 Å². The van der Waals surface area contributed by atoms with Gasteiger partial charge in [-0.25, -0.2) is 8.78 Å². The van der Waals surface area contributed by atoms with Gasteiger partial charge in [0.2, 0.25) is 0 Å². The van der Waals surface area contributed by atoms with E-state index in [0.29, 0.717) is 13.0 Å². The maximum absolute atomic E-state index is 11.9. The first-order valence-electron chi connectivity index (χ1n) is 6.28. The summed E-state index contributed by atoms with van der Waals surface area (Å²) in [6.07, 6.45) is -1.97. The SMILES string of the molecule is CCOc1ccc(C)cc1C(Cl)CCOCC(F)F. The number of hydrogen-bond donors (Lipinski definition) is 0. The second-order valence-electron chi connectivity index (χ2n) is 4.20. The fourth-order valence-corrected chi connectivity index (χ4v) is 1.97. The van der Waals surface area contributed by atoms with Crippen molar-refractivity contribution in [1.29, 1.82) is 0 Å². The van der Waals surface area contributed by atoms with Gasteiger partial charge in [-0.3, -0.25) is 0 Å². The number of hydrogen-bond acceptors (Lipinski definition) is 2. The molecule has 5 heteroatoms. The molecule has 0 aliphatic heterocycles. The lowest BCUT2D eigenvalue weighted by Gasteiger charge is -2.16. The van der Waals surface area contributed by atoms with E-state index in [1.165, 1.54) is 0 Å². The van der Waals surface area contributed by atoms with Gasteiger partial charge in [-0.2, -0.15) is 0 Å². The van der Waals surface area contributed by atoms with Crippen molar-refractivity contribution in [2.24, 2.45) is 0 Å². The Morgan fingerprint density at radius 2 is 2.05 bits per heavy atom. The number of benzene rings is 1. The van der Waals surface area contributed by atoms with Gasteiger partial charge in [0, 0.05) is 12.2 Å². The third-order valence-electron chi connectivity index (χ3n) is 2.56. The van der Waals surface area contributed by atoms with Gasteiger partial charge in [-0.05, 0) is 26.3 Å². The second-order valence-corrected chi connectivity index (χ2v) is 4.72. The molecule has 0 aromatic heterocycles. The van der Waals surface area contributed by atoms with Gasteiger partial charge in [0.15, 0.2) is 0 Å². The molecule has 0 amide bonds. The second kappa shape index (κ2) is 8.33. The summed E-state index contributed by atoms with van der Waals surface area (Å²) in [5.74, 6) is 0.738. The Bertz CT molecular complexity index is 386. The highest BCUT2D eigenvalue weighted by Crippen LogP contribution is 2.33. The fourth-order valence-electron chi connectivity index (χ4n) is 1.71. The van der Waals surface area contributed by atoms with Crippen LogP contribution >= 0.6 is 11.6 Å². The van der Waals surface area contributed by atoms with Gasteiger partial charge in [0.25, 0.3) is 6.43 Å². The average molecular weight is 293 g/mol. The van der Waals surface area contributed by atoms with Gasteiger partial charge >= 0.3 is 0 Å². The van der Waals surface area contributed by atoms with E-state index in [1.54, 1.807) is 0 Å². The number of aryl methyl sites for hydroxylation is 1. The third kappa shape index (κ3) is 5.74. The first-order chi connectivity index (χ1) is 9.04. The summed E-state index contributed by atoms with van der Waals surface area (Å²) >= 11 is 6.29. The van der Waals surface area contributed by atoms with Crippen molar-refractivity contribution in [2.75, 3.05) is 19.8 Å². The van der Waals surface area contributed by atoms with Crippen molar-refractivity contribution in [3.63, 3.8) is 0 Å². The van der Waals surface area contributed by atoms with E-state index < -0.39 is 13.0 Å². The van der Waals surface area contributed by atoms with Crippen molar-refractivity contribution < 1.29 is 18.3 Å². The first kappa shape index (κ1) is 16.2. The van der Waals surface area contributed by atoms with E-state index in [-0.39, 0.29) is 12.0 Å². The monoisotopic (exact) mass is 292 g/mol. The van der Waals surface area contributed by atoms with E-state index in [0.717, 1.165) is 16.9 Å². The predicted octanol–water partition coefficient (Wildman–Crippen LogP) is 4.35. The smallest absolute Gasteiger partial charge is 0.261 e. The Kier molecular flexibility index (Phi) is 7.10. The van der Waals surface area contributed by atoms with Crippen LogP contribution in [0.3, 0.4) is 0 Å². The minimum atomic E-state index is -2.44. The quantitative estimate of drug-likeness (QED) is 0.524. The lowest BCUT2D eigenvalue weighted by Crippen LogP contribution is -2.07. The van der Waals surface area contributed by atoms with Crippen molar-refractivity contribution >= 4 is 11.6 Å². The normalized spacial score (nSPS) is 12.7. The van der Waals surface area contributed by atoms with Crippen molar-refractivity contribution in [3.8, 4) is 5.75 Å². The zero-order chi connectivity index (χ0) is 14.3. The van der Waals surface area contributed by atoms with E-state index >= 15 is 0 Å². The van der Waals surface area contributed by atoms with E-state index in [2.05, 4.69) is 0 Å². The van der Waals surface area contributed by atoms with Gasteiger partial charge < -0.3 is 9.47 Å². The molecule has 2 nitrogen and oxygen atoms in total. The molecule has 19 heavy (non-hydrogen) atoms. The first-order valence-corrected chi connectivity index (χ1v) is 6.71. The summed E-state index contributed by atoms with van der Waals surface area (Å²) in [6.45, 7) is 4.09. The minimum absolute atomic E-state index is 0.206. The average Bonchev–Trinajstić information content (AvgIpc) is 2.36. The lowest BCUT2D eigenvalue weighted by molar-refractivity contribution is 0.0165. The van der Waals surface area contributed by atoms with E-state index in [4.69, 9.17) is 21.1 Å². The predicted molar refractivity (Wildman–Crippen MR) is 72.4 cm³/mol. The third-order valence-corrected chi connectivity index (χ3v) is 3.02. The van der Waals surface area contributed by atoms with Crippen LogP contribution in [0.15, 0.2) is 18.2 Å². The summed E-state index contributed by atoms with van der Waals surface area (Å²) in [5.41, 5.74) is 1.96. The molecule has 1 atom stereocenters. The van der Waals surface area contributed by atoms with Crippen molar-refractivity contribution in [1.82, 2.24) is 0 Å². The molecule has 1 aromatic carbocycles. The Morgan fingerprint density at radius 1 is 1.32 bits per heavy atom. The Morgan fingerprint density at radius 3 is 2.68 bits per heavy atom. The summed E-state index contributed by atoms with van der Waals surface area (Å²) in [6, 6.07) is 5.78. The molecular formula is C14H19ClF2O2. The molecule has 1 rings (SSSR count). The summed E-state index contributed by atoms with van der Waals surface area (Å²) in [4.78, 5) is 0. The number of rotatable bonds is 8. The van der Waals surface area contributed by atoms with Gasteiger partial charge in [-0.15, -0.1) is 11.6 Å². The molecule has 0 spiro atoms. The van der Waals surface area contributed by atoms with E-state index in [9.17, 15) is 8.78 Å². The van der Waals surface area contributed by atoms with Crippen LogP contribution in [0.2, 0.25) is 0 Å². The highest BCUT2D eigenvalue weighted by molar-refractivity contribution is 6.21. The zero-order valence-corrected chi connectivity index (χ0v) is 11.9. The zero-order valence-electron chi connectivity index (χ0n) is 11.2. The summed E-state index contributed by atoms with van der Waals surface area (Å²) in [5, 5.41) is -0.306. The van der Waals surface area contributed by atoms with Crippen molar-refractivity contribution in [2.45, 2.75) is 32.1 Å². The molecule has 1 unspecified atom stereocenters. The summed E-state index contributed by atoms with van der Waals surface area (Å²) < 4.78 is 34.2. The van der Waals surface area contributed by atoms with Gasteiger partial charge in [-0.1, -0.05) is 17.7 Å². The molecule has 0 fully saturated rings. The minimum Gasteiger partial charge on any atom is -0.494 e. The van der Waals surface area contributed by atoms with E-state index in [1.807, 2.05) is 32.0 Å². The Hall–Kier alpha value is -0.870. The van der Waals surface area contributed by atoms with Crippen molar-refractivity contribution in [3.05, 3.63) is 29.3 Å². The Balaban J connectivity index is 2.59. The standard InChI is InChI=1S/C14H19ClF2O2/c1-3-19-13-5-4-10(2)8-11(13)12(15)6-7-18-9-14(16)17/h4-5,8,12,14H,3,6-7,9H2,1-2H3. The number of ether oxygens (including phenoxy) is 2. The number of halogens is 3. The van der Waals surface area contributed by atoms with Crippen LogP contribution in [0.4, 0.5) is 8.78 Å². The fraction of sp³-hybridized carbons (Fsp3) is 0.571. The molecule has 0 N–H and O–H groups in total. The Labute approximate surface area is 117 Å². The molecule has 0 saturated carbocycles. The molecule has 0 aliphatic carbocycles. The van der Waals surface area contributed by atoms with Crippen LogP contribution in [0.1, 0.15) is 29.8 Å². The molecule has 1 aromatic rings. The molecule has 0 aliphatic rings. The molecular weight excluding hydrogens is 274 g/mol. The van der Waals surface area contributed by atoms with Gasteiger partial charge in [0.1, 0.15) is 12.4 Å². The molecule has 0 heterocycles. The topological polar surface area (TPSA) is 18.5 Å². The van der Waals surface area contributed by atoms with Gasteiger partial charge in [0.05, 0.1) is 12.0 Å². The lowest BCUT2D eigenvalue weighted by atomic mass is 10.1. The maximum atomic E-state index is 11.9. The molecule has 0 saturated heterocycles. The molecule has 0 radical (unpaired) electrons. The molecule has 0 bridgehead atoms. The highest BCUT2D eigenvalue weighted by atomic mass is 35.5. The summed E-state index contributed by atoms with van der Waals surface area (Å²) in [7, 11) is 0. The van der Waals surface area contributed by atoms with Crippen LogP contribution in [0.25, 0.3) is 0 Å². The number of alkyl halides is 3. The van der Waals surface area contributed by atoms with Crippen LogP contribution in [0, 0.1) is 6.92 Å². The van der Waals surface area contributed by atoms with Crippen LogP contribution in [-0.4, -0.2) is 26.2 Å². The molecule has 108 valence electrons. The van der Waals surface area contributed by atoms with Crippen LogP contribution in [0.5, 0.6) is 5.75 Å². The largest absolute Gasteiger partial charge is 0.494 e. The van der Waals surface area contributed by atoms with Crippen LogP contribution in [-0.2, 0) is 4.74 Å². The highest BCUT2D eigenvalue weighted by Gasteiger charge is 2.14. The maximum Gasteiger partial charge on any atom is 0.261 e.